The highest BCUT2D eigenvalue weighted by Gasteiger charge is 2.20. The topological polar surface area (TPSA) is 90.9 Å². The Balaban J connectivity index is 3.10. The number of methoxy groups -OCH3 is 1. The molecule has 0 fully saturated rings. The van der Waals surface area contributed by atoms with Gasteiger partial charge in [-0.1, -0.05) is 23.2 Å². The molecule has 3 amide bonds. The Morgan fingerprint density at radius 2 is 1.90 bits per heavy atom. The van der Waals surface area contributed by atoms with Gasteiger partial charge in [0, 0.05) is 12.4 Å². The predicted octanol–water partition coefficient (Wildman–Crippen LogP) is 2.72. The third-order valence-corrected chi connectivity index (χ3v) is 2.99. The van der Waals surface area contributed by atoms with Gasteiger partial charge in [0.05, 0.1) is 22.8 Å². The van der Waals surface area contributed by atoms with Crippen molar-refractivity contribution in [3.8, 4) is 5.75 Å². The second kappa shape index (κ2) is 8.02. The summed E-state index contributed by atoms with van der Waals surface area (Å²) in [6.45, 7) is 0.180. The number of amides is 3. The SMILES string of the molecule is COC(=O)NN(C(=O)NCCCl)c1cc(Cl)c(O)c(Cl)c1. The lowest BCUT2D eigenvalue weighted by molar-refractivity contribution is 0.169. The second-order valence-corrected chi connectivity index (χ2v) is 4.81. The summed E-state index contributed by atoms with van der Waals surface area (Å²) in [4.78, 5) is 23.3. The lowest BCUT2D eigenvalue weighted by Crippen LogP contribution is -2.51. The van der Waals surface area contributed by atoms with Crippen LogP contribution in [0.2, 0.25) is 10.0 Å². The number of benzene rings is 1. The first-order valence-corrected chi connectivity index (χ1v) is 6.86. The molecular weight excluding hydrogens is 344 g/mol. The first-order chi connectivity index (χ1) is 9.90. The van der Waals surface area contributed by atoms with Crippen molar-refractivity contribution in [1.82, 2.24) is 10.7 Å². The number of hydrogen-bond acceptors (Lipinski definition) is 4. The quantitative estimate of drug-likeness (QED) is 0.574. The van der Waals surface area contributed by atoms with Gasteiger partial charge in [0.2, 0.25) is 0 Å². The average Bonchev–Trinajstić information content (AvgIpc) is 2.46. The highest BCUT2D eigenvalue weighted by molar-refractivity contribution is 6.37. The van der Waals surface area contributed by atoms with Crippen LogP contribution in [0.25, 0.3) is 0 Å². The molecule has 0 spiro atoms. The summed E-state index contributed by atoms with van der Waals surface area (Å²) in [6.07, 6.45) is -0.878. The maximum absolute atomic E-state index is 12.0. The summed E-state index contributed by atoms with van der Waals surface area (Å²) in [6, 6.07) is 1.82. The number of ether oxygens (including phenoxy) is 1. The Morgan fingerprint density at radius 1 is 1.33 bits per heavy atom. The summed E-state index contributed by atoms with van der Waals surface area (Å²) in [7, 11) is 1.14. The van der Waals surface area contributed by atoms with E-state index in [1.165, 1.54) is 12.1 Å². The van der Waals surface area contributed by atoms with Crippen molar-refractivity contribution in [2.45, 2.75) is 0 Å². The molecule has 0 saturated carbocycles. The van der Waals surface area contributed by atoms with Gasteiger partial charge < -0.3 is 15.2 Å². The van der Waals surface area contributed by atoms with Crippen LogP contribution in [-0.2, 0) is 4.74 Å². The fraction of sp³-hybridized carbons (Fsp3) is 0.273. The van der Waals surface area contributed by atoms with Gasteiger partial charge in [0.1, 0.15) is 0 Å². The number of nitrogens with one attached hydrogen (secondary N) is 2. The Hall–Kier alpha value is -1.57. The van der Waals surface area contributed by atoms with Gasteiger partial charge in [0.15, 0.2) is 5.75 Å². The summed E-state index contributed by atoms with van der Waals surface area (Å²) in [5.41, 5.74) is 2.31. The number of phenols is 1. The van der Waals surface area contributed by atoms with Gasteiger partial charge in [-0.15, -0.1) is 11.6 Å². The number of rotatable bonds is 3. The number of carbonyl (C=O) groups excluding carboxylic acids is 2. The molecule has 0 aromatic heterocycles. The largest absolute Gasteiger partial charge is 0.505 e. The van der Waals surface area contributed by atoms with Crippen LogP contribution in [-0.4, -0.2) is 36.8 Å². The number of anilines is 1. The van der Waals surface area contributed by atoms with Crippen LogP contribution in [0.1, 0.15) is 0 Å². The van der Waals surface area contributed by atoms with Gasteiger partial charge in [-0.3, -0.25) is 0 Å². The zero-order valence-corrected chi connectivity index (χ0v) is 13.1. The molecule has 21 heavy (non-hydrogen) atoms. The van der Waals surface area contributed by atoms with Crippen molar-refractivity contribution in [2.75, 3.05) is 24.5 Å². The van der Waals surface area contributed by atoms with E-state index in [4.69, 9.17) is 34.8 Å². The summed E-state index contributed by atoms with van der Waals surface area (Å²) in [5.74, 6) is -0.143. The van der Waals surface area contributed by atoms with Crippen LogP contribution < -0.4 is 15.8 Å². The molecule has 1 aromatic rings. The van der Waals surface area contributed by atoms with E-state index in [-0.39, 0.29) is 33.9 Å². The minimum atomic E-state index is -0.878. The van der Waals surface area contributed by atoms with Crippen LogP contribution in [0.4, 0.5) is 15.3 Å². The zero-order valence-electron chi connectivity index (χ0n) is 10.8. The molecule has 0 aliphatic carbocycles. The molecule has 1 rings (SSSR count). The first kappa shape index (κ1) is 17.5. The highest BCUT2D eigenvalue weighted by Crippen LogP contribution is 2.35. The van der Waals surface area contributed by atoms with Gasteiger partial charge in [0.25, 0.3) is 0 Å². The summed E-state index contributed by atoms with van der Waals surface area (Å²) in [5, 5.41) is 12.6. The van der Waals surface area contributed by atoms with Crippen LogP contribution in [0, 0.1) is 0 Å². The molecule has 3 N–H and O–H groups in total. The van der Waals surface area contributed by atoms with Crippen LogP contribution >= 0.6 is 34.8 Å². The van der Waals surface area contributed by atoms with Crippen molar-refractivity contribution < 1.29 is 19.4 Å². The van der Waals surface area contributed by atoms with E-state index >= 15 is 0 Å². The fourth-order valence-corrected chi connectivity index (χ4v) is 1.85. The number of nitrogens with zero attached hydrogens (tertiary/aromatic N) is 1. The lowest BCUT2D eigenvalue weighted by atomic mass is 10.3. The van der Waals surface area contributed by atoms with E-state index in [9.17, 15) is 14.7 Å². The number of urea groups is 1. The Labute approximate surface area is 135 Å². The van der Waals surface area contributed by atoms with E-state index in [0.29, 0.717) is 0 Å². The van der Waals surface area contributed by atoms with Crippen molar-refractivity contribution >= 4 is 52.6 Å². The summed E-state index contributed by atoms with van der Waals surface area (Å²) >= 11 is 17.0. The predicted molar refractivity (Wildman–Crippen MR) is 80.3 cm³/mol. The molecule has 116 valence electrons. The Kier molecular flexibility index (Phi) is 6.67. The minimum Gasteiger partial charge on any atom is -0.505 e. The lowest BCUT2D eigenvalue weighted by Gasteiger charge is -2.23. The van der Waals surface area contributed by atoms with Crippen molar-refractivity contribution in [3.05, 3.63) is 22.2 Å². The third-order valence-electron chi connectivity index (χ3n) is 2.22. The van der Waals surface area contributed by atoms with Gasteiger partial charge in [-0.05, 0) is 12.1 Å². The van der Waals surface area contributed by atoms with E-state index in [2.05, 4.69) is 15.5 Å². The van der Waals surface area contributed by atoms with Crippen molar-refractivity contribution in [3.63, 3.8) is 0 Å². The van der Waals surface area contributed by atoms with Crippen LogP contribution in [0.3, 0.4) is 0 Å². The van der Waals surface area contributed by atoms with Gasteiger partial charge in [-0.2, -0.15) is 0 Å². The van der Waals surface area contributed by atoms with Crippen LogP contribution in [0.15, 0.2) is 12.1 Å². The number of hydrogen-bond donors (Lipinski definition) is 3. The number of alkyl halides is 1. The molecule has 7 nitrogen and oxygen atoms in total. The van der Waals surface area contributed by atoms with Gasteiger partial charge >= 0.3 is 12.1 Å². The van der Waals surface area contributed by atoms with Crippen molar-refractivity contribution in [2.24, 2.45) is 0 Å². The smallest absolute Gasteiger partial charge is 0.426 e. The maximum Gasteiger partial charge on any atom is 0.426 e. The monoisotopic (exact) mass is 355 g/mol. The molecule has 1 aromatic carbocycles. The molecule has 0 heterocycles. The van der Waals surface area contributed by atoms with E-state index in [0.717, 1.165) is 12.1 Å². The number of carbonyl (C=O) groups is 2. The normalized spacial score (nSPS) is 9.90. The minimum absolute atomic E-state index is 0.0840. The van der Waals surface area contributed by atoms with E-state index in [1.54, 1.807) is 0 Å². The molecule has 0 radical (unpaired) electrons. The van der Waals surface area contributed by atoms with E-state index in [1.807, 2.05) is 0 Å². The standard InChI is InChI=1S/C11H12Cl3N3O4/c1-21-11(20)16-17(10(19)15-3-2-12)6-4-7(13)9(18)8(14)5-6/h4-5,18H,2-3H2,1H3,(H,15,19)(H,16,20). The zero-order chi connectivity index (χ0) is 16.0. The molecule has 0 unspecified atom stereocenters. The molecule has 0 aliphatic heterocycles. The molecule has 10 heteroatoms. The second-order valence-electron chi connectivity index (χ2n) is 3.62. The molecule has 0 saturated heterocycles. The van der Waals surface area contributed by atoms with E-state index < -0.39 is 12.1 Å². The molecule has 0 bridgehead atoms. The number of halogens is 3. The highest BCUT2D eigenvalue weighted by atomic mass is 35.5. The summed E-state index contributed by atoms with van der Waals surface area (Å²) < 4.78 is 4.43. The molecular formula is C11H12Cl3N3O4. The average molecular weight is 357 g/mol. The first-order valence-electron chi connectivity index (χ1n) is 5.57. The molecule has 0 aliphatic rings. The number of hydrazine groups is 1. The molecule has 0 atom stereocenters. The fourth-order valence-electron chi connectivity index (χ4n) is 1.28. The third kappa shape index (κ3) is 4.73. The number of phenolic OH excluding ortho intramolecular Hbond substituents is 1. The van der Waals surface area contributed by atoms with Crippen LogP contribution in [0.5, 0.6) is 5.75 Å². The van der Waals surface area contributed by atoms with Gasteiger partial charge in [-0.25, -0.2) is 20.0 Å². The van der Waals surface area contributed by atoms with Crippen molar-refractivity contribution in [1.29, 1.82) is 0 Å². The maximum atomic E-state index is 12.0. The number of aromatic hydroxyl groups is 1. The Morgan fingerprint density at radius 3 is 2.38 bits per heavy atom. The Bertz CT molecular complexity index is 518.